The number of aromatic nitrogens is 3. The molecule has 2 heterocycles. The fraction of sp³-hybridized carbons (Fsp3) is 0.133. The van der Waals surface area contributed by atoms with Gasteiger partial charge in [-0.2, -0.15) is 0 Å². The molecule has 0 fully saturated rings. The first kappa shape index (κ1) is 12.5. The molecule has 2 aromatic heterocycles. The second-order valence-electron chi connectivity index (χ2n) is 4.61. The Morgan fingerprint density at radius 3 is 2.60 bits per heavy atom. The zero-order valence-corrected chi connectivity index (χ0v) is 11.0. The Morgan fingerprint density at radius 2 is 1.90 bits per heavy atom. The van der Waals surface area contributed by atoms with Crippen LogP contribution in [0.15, 0.2) is 53.5 Å². The van der Waals surface area contributed by atoms with Crippen molar-refractivity contribution in [3.8, 4) is 5.69 Å². The van der Waals surface area contributed by atoms with E-state index in [0.717, 1.165) is 5.69 Å². The molecule has 3 aromatic rings. The van der Waals surface area contributed by atoms with Gasteiger partial charge in [-0.3, -0.25) is 9.36 Å². The number of hydrogen-bond acceptors (Lipinski definition) is 4. The van der Waals surface area contributed by atoms with Crippen LogP contribution in [0.25, 0.3) is 16.7 Å². The summed E-state index contributed by atoms with van der Waals surface area (Å²) in [5.41, 5.74) is 7.42. The highest BCUT2D eigenvalue weighted by Crippen LogP contribution is 2.15. The van der Waals surface area contributed by atoms with Crippen LogP contribution in [0.1, 0.15) is 18.8 Å². The first-order chi connectivity index (χ1) is 9.68. The molecule has 0 aliphatic heterocycles. The van der Waals surface area contributed by atoms with Gasteiger partial charge in [-0.05, 0) is 31.2 Å². The Labute approximate surface area is 115 Å². The zero-order chi connectivity index (χ0) is 14.1. The minimum absolute atomic E-state index is 0.200. The second kappa shape index (κ2) is 4.86. The van der Waals surface area contributed by atoms with Crippen LogP contribution in [0.5, 0.6) is 0 Å². The number of benzene rings is 1. The van der Waals surface area contributed by atoms with Gasteiger partial charge in [0.15, 0.2) is 5.52 Å². The number of fused-ring (bicyclic) bond motifs is 1. The molecule has 0 saturated carbocycles. The van der Waals surface area contributed by atoms with Crippen LogP contribution in [0.3, 0.4) is 0 Å². The molecule has 1 unspecified atom stereocenters. The lowest BCUT2D eigenvalue weighted by Crippen LogP contribution is -2.27. The molecular weight excluding hydrogens is 252 g/mol. The molecule has 0 aliphatic rings. The molecule has 20 heavy (non-hydrogen) atoms. The monoisotopic (exact) mass is 266 g/mol. The van der Waals surface area contributed by atoms with Gasteiger partial charge in [-0.1, -0.05) is 18.2 Å². The van der Waals surface area contributed by atoms with E-state index in [2.05, 4.69) is 9.97 Å². The van der Waals surface area contributed by atoms with Crippen LogP contribution >= 0.6 is 0 Å². The standard InChI is InChI=1S/C15H14N4O/c1-10(16)14-18-12-8-5-9-17-13(12)15(20)19(14)11-6-3-2-4-7-11/h2-10H,16H2,1H3. The molecule has 0 amide bonds. The average molecular weight is 266 g/mol. The quantitative estimate of drug-likeness (QED) is 0.767. The molecule has 100 valence electrons. The van der Waals surface area contributed by atoms with Gasteiger partial charge in [0, 0.05) is 6.20 Å². The highest BCUT2D eigenvalue weighted by molar-refractivity contribution is 5.73. The number of hydrogen-bond donors (Lipinski definition) is 1. The summed E-state index contributed by atoms with van der Waals surface area (Å²) in [6, 6.07) is 12.5. The van der Waals surface area contributed by atoms with Crippen LogP contribution in [0, 0.1) is 0 Å². The molecule has 0 saturated heterocycles. The molecule has 5 nitrogen and oxygen atoms in total. The molecule has 5 heteroatoms. The maximum Gasteiger partial charge on any atom is 0.284 e. The third kappa shape index (κ3) is 1.98. The molecule has 1 atom stereocenters. The second-order valence-corrected chi connectivity index (χ2v) is 4.61. The normalized spacial score (nSPS) is 12.5. The van der Waals surface area contributed by atoms with Crippen molar-refractivity contribution in [1.29, 1.82) is 0 Å². The molecule has 0 aliphatic carbocycles. The molecule has 0 radical (unpaired) electrons. The lowest BCUT2D eigenvalue weighted by Gasteiger charge is -2.15. The summed E-state index contributed by atoms with van der Waals surface area (Å²) in [5.74, 6) is 0.529. The summed E-state index contributed by atoms with van der Waals surface area (Å²) in [4.78, 5) is 21.3. The Bertz CT molecular complexity index is 809. The van der Waals surface area contributed by atoms with Gasteiger partial charge < -0.3 is 5.73 Å². The maximum absolute atomic E-state index is 12.7. The van der Waals surface area contributed by atoms with Crippen LogP contribution in [0.2, 0.25) is 0 Å². The topological polar surface area (TPSA) is 73.8 Å². The average Bonchev–Trinajstić information content (AvgIpc) is 2.48. The lowest BCUT2D eigenvalue weighted by molar-refractivity contribution is 0.695. The summed E-state index contributed by atoms with van der Waals surface area (Å²) >= 11 is 0. The van der Waals surface area contributed by atoms with Gasteiger partial charge in [-0.15, -0.1) is 0 Å². The molecule has 3 rings (SSSR count). The van der Waals surface area contributed by atoms with Crippen LogP contribution < -0.4 is 11.3 Å². The van der Waals surface area contributed by atoms with Crippen molar-refractivity contribution < 1.29 is 0 Å². The summed E-state index contributed by atoms with van der Waals surface area (Å²) in [7, 11) is 0. The predicted octanol–water partition coefficient (Wildman–Crippen LogP) is 1.80. The van der Waals surface area contributed by atoms with Crippen molar-refractivity contribution in [2.45, 2.75) is 13.0 Å². The van der Waals surface area contributed by atoms with E-state index in [-0.39, 0.29) is 11.6 Å². The fourth-order valence-corrected chi connectivity index (χ4v) is 2.17. The van der Waals surface area contributed by atoms with Crippen molar-refractivity contribution in [3.05, 3.63) is 64.8 Å². The lowest BCUT2D eigenvalue weighted by atomic mass is 10.2. The van der Waals surface area contributed by atoms with Gasteiger partial charge in [0.1, 0.15) is 5.82 Å². The number of rotatable bonds is 2. The first-order valence-corrected chi connectivity index (χ1v) is 6.37. The Morgan fingerprint density at radius 1 is 1.15 bits per heavy atom. The van der Waals surface area contributed by atoms with Crippen molar-refractivity contribution in [2.24, 2.45) is 5.73 Å². The smallest absolute Gasteiger partial charge is 0.284 e. The number of nitrogens with zero attached hydrogens (tertiary/aromatic N) is 3. The van der Waals surface area contributed by atoms with Crippen LogP contribution in [-0.4, -0.2) is 14.5 Å². The largest absolute Gasteiger partial charge is 0.322 e. The SMILES string of the molecule is CC(N)c1nc2cccnc2c(=O)n1-c1ccccc1. The first-order valence-electron chi connectivity index (χ1n) is 6.37. The highest BCUT2D eigenvalue weighted by atomic mass is 16.1. The van der Waals surface area contributed by atoms with E-state index in [9.17, 15) is 4.79 Å². The van der Waals surface area contributed by atoms with E-state index in [4.69, 9.17) is 5.73 Å². The third-order valence-electron chi connectivity index (χ3n) is 3.08. The van der Waals surface area contributed by atoms with E-state index in [1.54, 1.807) is 18.3 Å². The van der Waals surface area contributed by atoms with Gasteiger partial charge in [0.2, 0.25) is 0 Å². The minimum Gasteiger partial charge on any atom is -0.322 e. The van der Waals surface area contributed by atoms with Gasteiger partial charge in [0.05, 0.1) is 17.2 Å². The van der Waals surface area contributed by atoms with Gasteiger partial charge in [-0.25, -0.2) is 9.97 Å². The predicted molar refractivity (Wildman–Crippen MR) is 77.7 cm³/mol. The Hall–Kier alpha value is -2.53. The van der Waals surface area contributed by atoms with Crippen molar-refractivity contribution >= 4 is 11.0 Å². The van der Waals surface area contributed by atoms with Gasteiger partial charge in [0.25, 0.3) is 5.56 Å². The molecule has 0 spiro atoms. The summed E-state index contributed by atoms with van der Waals surface area (Å²) < 4.78 is 1.53. The minimum atomic E-state index is -0.354. The van der Waals surface area contributed by atoms with E-state index in [1.165, 1.54) is 4.57 Å². The van der Waals surface area contributed by atoms with E-state index >= 15 is 0 Å². The van der Waals surface area contributed by atoms with E-state index in [1.807, 2.05) is 37.3 Å². The van der Waals surface area contributed by atoms with Crippen molar-refractivity contribution in [1.82, 2.24) is 14.5 Å². The van der Waals surface area contributed by atoms with Crippen LogP contribution in [-0.2, 0) is 0 Å². The number of nitrogens with two attached hydrogens (primary N) is 1. The third-order valence-corrected chi connectivity index (χ3v) is 3.08. The summed E-state index contributed by atoms with van der Waals surface area (Å²) in [5, 5.41) is 0. The number of pyridine rings is 1. The van der Waals surface area contributed by atoms with Crippen molar-refractivity contribution in [3.63, 3.8) is 0 Å². The molecule has 1 aromatic carbocycles. The Balaban J connectivity index is 2.43. The van der Waals surface area contributed by atoms with Gasteiger partial charge >= 0.3 is 0 Å². The molecule has 2 N–H and O–H groups in total. The summed E-state index contributed by atoms with van der Waals surface area (Å²) in [6.07, 6.45) is 1.59. The maximum atomic E-state index is 12.7. The zero-order valence-electron chi connectivity index (χ0n) is 11.0. The fourth-order valence-electron chi connectivity index (χ4n) is 2.17. The highest BCUT2D eigenvalue weighted by Gasteiger charge is 2.15. The molecule has 0 bridgehead atoms. The molecular formula is C15H14N4O. The Kier molecular flexibility index (Phi) is 3.04. The summed E-state index contributed by atoms with van der Waals surface area (Å²) in [6.45, 7) is 1.81. The van der Waals surface area contributed by atoms with E-state index in [0.29, 0.717) is 16.9 Å². The van der Waals surface area contributed by atoms with Crippen LogP contribution in [0.4, 0.5) is 0 Å². The number of para-hydroxylation sites is 1. The van der Waals surface area contributed by atoms with E-state index < -0.39 is 0 Å². The van der Waals surface area contributed by atoms with Crippen molar-refractivity contribution in [2.75, 3.05) is 0 Å².